The van der Waals surface area contributed by atoms with E-state index in [9.17, 15) is 4.79 Å². The van der Waals surface area contributed by atoms with E-state index in [0.29, 0.717) is 23.3 Å². The number of benzene rings is 1. The van der Waals surface area contributed by atoms with Crippen LogP contribution in [0.2, 0.25) is 0 Å². The molecule has 2 atom stereocenters. The zero-order valence-corrected chi connectivity index (χ0v) is 14.1. The lowest BCUT2D eigenvalue weighted by atomic mass is 9.79. The molecule has 24 heavy (non-hydrogen) atoms. The van der Waals surface area contributed by atoms with E-state index < -0.39 is 0 Å². The number of anilines is 1. The topological polar surface area (TPSA) is 49.6 Å². The highest BCUT2D eigenvalue weighted by atomic mass is 16.4. The minimum absolute atomic E-state index is 0.229. The average molecular weight is 325 g/mol. The average Bonchev–Trinajstić information content (AvgIpc) is 3.19. The number of amides is 1. The van der Waals surface area contributed by atoms with E-state index in [0.717, 1.165) is 37.2 Å². The van der Waals surface area contributed by atoms with Gasteiger partial charge in [-0.05, 0) is 43.7 Å². The van der Waals surface area contributed by atoms with Crippen molar-refractivity contribution in [1.82, 2.24) is 9.88 Å². The van der Waals surface area contributed by atoms with E-state index in [-0.39, 0.29) is 6.04 Å². The number of hydrogen-bond donors (Lipinski definition) is 0. The molecular formula is C19H23N3O2. The van der Waals surface area contributed by atoms with Gasteiger partial charge in [-0.15, -0.1) is 0 Å². The first-order valence-corrected chi connectivity index (χ1v) is 9.07. The van der Waals surface area contributed by atoms with E-state index in [1.54, 1.807) is 0 Å². The smallest absolute Gasteiger partial charge is 0.298 e. The van der Waals surface area contributed by atoms with Crippen molar-refractivity contribution in [2.75, 3.05) is 24.5 Å². The maximum atomic E-state index is 12.8. The Kier molecular flexibility index (Phi) is 2.97. The normalized spacial score (nSPS) is 28.2. The lowest BCUT2D eigenvalue weighted by Gasteiger charge is -2.39. The fourth-order valence-electron chi connectivity index (χ4n) is 4.53. The molecule has 0 bridgehead atoms. The first-order valence-electron chi connectivity index (χ1n) is 9.07. The Balaban J connectivity index is 1.29. The number of carbonyl (C=O) groups excluding carboxylic acids is 1. The second kappa shape index (κ2) is 4.98. The van der Waals surface area contributed by atoms with Crippen LogP contribution in [0.3, 0.4) is 0 Å². The third-order valence-corrected chi connectivity index (χ3v) is 6.30. The van der Waals surface area contributed by atoms with Gasteiger partial charge < -0.3 is 14.2 Å². The third kappa shape index (κ3) is 2.06. The molecule has 2 unspecified atom stereocenters. The second-order valence-electron chi connectivity index (χ2n) is 7.76. The van der Waals surface area contributed by atoms with Gasteiger partial charge in [0.05, 0.1) is 0 Å². The van der Waals surface area contributed by atoms with Crippen molar-refractivity contribution in [3.8, 4) is 0 Å². The summed E-state index contributed by atoms with van der Waals surface area (Å²) in [4.78, 5) is 21.6. The van der Waals surface area contributed by atoms with Gasteiger partial charge in [-0.3, -0.25) is 4.79 Å². The van der Waals surface area contributed by atoms with Crippen LogP contribution in [0.25, 0.3) is 11.1 Å². The van der Waals surface area contributed by atoms with Crippen LogP contribution in [0.1, 0.15) is 32.6 Å². The van der Waals surface area contributed by atoms with Crippen molar-refractivity contribution >= 4 is 23.0 Å². The standard InChI is InChI=1S/C19H23N3O2/c1-13-12-21(17(23)14-11-19(14)7-4-8-19)9-10-22(13)18-20-15-5-2-3-6-16(15)24-18/h2-3,5-6,13-14H,4,7-12H2,1H3. The molecule has 0 radical (unpaired) electrons. The van der Waals surface area contributed by atoms with Crippen molar-refractivity contribution in [2.24, 2.45) is 11.3 Å². The summed E-state index contributed by atoms with van der Waals surface area (Å²) in [5, 5.41) is 0. The van der Waals surface area contributed by atoms with E-state index in [1.807, 2.05) is 24.3 Å². The summed E-state index contributed by atoms with van der Waals surface area (Å²) in [5.41, 5.74) is 2.13. The van der Waals surface area contributed by atoms with Gasteiger partial charge in [0.2, 0.25) is 5.91 Å². The first-order chi connectivity index (χ1) is 11.7. The van der Waals surface area contributed by atoms with E-state index in [2.05, 4.69) is 21.7 Å². The van der Waals surface area contributed by atoms with E-state index >= 15 is 0 Å². The molecule has 1 saturated heterocycles. The Morgan fingerprint density at radius 2 is 2.12 bits per heavy atom. The highest BCUT2D eigenvalue weighted by Crippen LogP contribution is 2.65. The van der Waals surface area contributed by atoms with Gasteiger partial charge in [-0.25, -0.2) is 0 Å². The van der Waals surface area contributed by atoms with Crippen LogP contribution in [0.5, 0.6) is 0 Å². The Morgan fingerprint density at radius 3 is 2.79 bits per heavy atom. The van der Waals surface area contributed by atoms with Crippen molar-refractivity contribution in [3.63, 3.8) is 0 Å². The highest BCUT2D eigenvalue weighted by molar-refractivity contribution is 5.83. The zero-order valence-electron chi connectivity index (χ0n) is 14.1. The second-order valence-corrected chi connectivity index (χ2v) is 7.76. The van der Waals surface area contributed by atoms with Crippen LogP contribution in [-0.2, 0) is 4.79 Å². The summed E-state index contributed by atoms with van der Waals surface area (Å²) < 4.78 is 5.90. The van der Waals surface area contributed by atoms with Gasteiger partial charge in [-0.1, -0.05) is 18.6 Å². The fraction of sp³-hybridized carbons (Fsp3) is 0.579. The third-order valence-electron chi connectivity index (χ3n) is 6.30. The van der Waals surface area contributed by atoms with Crippen molar-refractivity contribution in [3.05, 3.63) is 24.3 Å². The molecule has 5 nitrogen and oxygen atoms in total. The molecule has 2 saturated carbocycles. The Bertz CT molecular complexity index is 762. The van der Waals surface area contributed by atoms with Gasteiger partial charge >= 0.3 is 0 Å². The molecule has 1 aromatic heterocycles. The molecule has 2 heterocycles. The predicted octanol–water partition coefficient (Wildman–Crippen LogP) is 3.06. The molecule has 3 aliphatic rings. The summed E-state index contributed by atoms with van der Waals surface area (Å²) in [5.74, 6) is 0.702. The summed E-state index contributed by atoms with van der Waals surface area (Å²) >= 11 is 0. The quantitative estimate of drug-likeness (QED) is 0.851. The molecule has 1 amide bonds. The Morgan fingerprint density at radius 1 is 1.29 bits per heavy atom. The number of aromatic nitrogens is 1. The lowest BCUT2D eigenvalue weighted by molar-refractivity contribution is -0.134. The van der Waals surface area contributed by atoms with Crippen molar-refractivity contribution in [1.29, 1.82) is 0 Å². The Labute approximate surface area is 141 Å². The molecule has 5 heteroatoms. The fourth-order valence-corrected chi connectivity index (χ4v) is 4.53. The molecule has 5 rings (SSSR count). The number of fused-ring (bicyclic) bond motifs is 1. The number of hydrogen-bond acceptors (Lipinski definition) is 4. The molecular weight excluding hydrogens is 302 g/mol. The monoisotopic (exact) mass is 325 g/mol. The van der Waals surface area contributed by atoms with Gasteiger partial charge in [0.1, 0.15) is 5.52 Å². The predicted molar refractivity (Wildman–Crippen MR) is 91.8 cm³/mol. The zero-order chi connectivity index (χ0) is 16.3. The number of oxazole rings is 1. The maximum Gasteiger partial charge on any atom is 0.298 e. The number of rotatable bonds is 2. The van der Waals surface area contributed by atoms with Gasteiger partial charge in [0.15, 0.2) is 5.58 Å². The number of carbonyl (C=O) groups is 1. The molecule has 1 aliphatic heterocycles. The molecule has 2 aromatic rings. The summed E-state index contributed by atoms with van der Waals surface area (Å²) in [6, 6.07) is 8.76. The van der Waals surface area contributed by atoms with Crippen LogP contribution >= 0.6 is 0 Å². The van der Waals surface area contributed by atoms with E-state index in [4.69, 9.17) is 4.42 Å². The summed E-state index contributed by atoms with van der Waals surface area (Å²) in [7, 11) is 0. The molecule has 2 aliphatic carbocycles. The van der Waals surface area contributed by atoms with Gasteiger partial charge in [0.25, 0.3) is 6.01 Å². The minimum Gasteiger partial charge on any atom is -0.423 e. The van der Waals surface area contributed by atoms with Crippen LogP contribution in [-0.4, -0.2) is 41.5 Å². The van der Waals surface area contributed by atoms with Gasteiger partial charge in [-0.2, -0.15) is 4.98 Å². The summed E-state index contributed by atoms with van der Waals surface area (Å²) in [6.45, 7) is 4.48. The van der Waals surface area contributed by atoms with Gasteiger partial charge in [0, 0.05) is 31.6 Å². The largest absolute Gasteiger partial charge is 0.423 e. The SMILES string of the molecule is CC1CN(C(=O)C2CC23CCC3)CCN1c1nc2ccccc2o1. The van der Waals surface area contributed by atoms with E-state index in [1.165, 1.54) is 19.3 Å². The van der Waals surface area contributed by atoms with Crippen LogP contribution in [0.4, 0.5) is 6.01 Å². The molecule has 1 aromatic carbocycles. The number of piperazine rings is 1. The highest BCUT2D eigenvalue weighted by Gasteiger charge is 2.61. The van der Waals surface area contributed by atoms with Crippen LogP contribution in [0.15, 0.2) is 28.7 Å². The lowest BCUT2D eigenvalue weighted by Crippen LogP contribution is -2.54. The maximum absolute atomic E-state index is 12.8. The molecule has 1 spiro atoms. The van der Waals surface area contributed by atoms with Crippen molar-refractivity contribution < 1.29 is 9.21 Å². The molecule has 126 valence electrons. The minimum atomic E-state index is 0.229. The number of para-hydroxylation sites is 2. The van der Waals surface area contributed by atoms with Crippen LogP contribution < -0.4 is 4.90 Å². The molecule has 0 N–H and O–H groups in total. The first kappa shape index (κ1) is 14.3. The summed E-state index contributed by atoms with van der Waals surface area (Å²) in [6.07, 6.45) is 4.97. The number of nitrogens with zero attached hydrogens (tertiary/aromatic N) is 3. The Hall–Kier alpha value is -2.04. The van der Waals surface area contributed by atoms with Crippen LogP contribution in [0, 0.1) is 11.3 Å². The van der Waals surface area contributed by atoms with Crippen molar-refractivity contribution in [2.45, 2.75) is 38.6 Å². The molecule has 3 fully saturated rings.